The molecule has 0 aliphatic heterocycles. The number of hydrogen-bond donors (Lipinski definition) is 0. The first kappa shape index (κ1) is 8.26. The summed E-state index contributed by atoms with van der Waals surface area (Å²) in [6.07, 6.45) is 5.00. The first-order chi connectivity index (χ1) is 6.73. The molecule has 68 valence electrons. The monoisotopic (exact) mass is 246 g/mol. The predicted molar refractivity (Wildman–Crippen MR) is 53.8 cm³/mol. The fourth-order valence-corrected chi connectivity index (χ4v) is 3.71. The van der Waals surface area contributed by atoms with Gasteiger partial charge in [-0.2, -0.15) is 10.5 Å². The fraction of sp³-hybridized carbons (Fsp3) is 0.455. The largest absolute Gasteiger partial charge is 0.197 e. The molecule has 0 radical (unpaired) electrons. The maximum atomic E-state index is 9.16. The number of halogens is 1. The van der Waals surface area contributed by atoms with Gasteiger partial charge in [0.15, 0.2) is 0 Å². The van der Waals surface area contributed by atoms with E-state index in [0.717, 1.165) is 16.5 Å². The topological polar surface area (TPSA) is 47.6 Å². The first-order valence-electron chi connectivity index (χ1n) is 4.64. The first-order valence-corrected chi connectivity index (χ1v) is 5.43. The van der Waals surface area contributed by atoms with Gasteiger partial charge in [-0.05, 0) is 12.3 Å². The van der Waals surface area contributed by atoms with Crippen LogP contribution in [0.5, 0.6) is 0 Å². The highest BCUT2D eigenvalue weighted by atomic mass is 79.9. The highest BCUT2D eigenvalue weighted by Crippen LogP contribution is 2.70. The molecule has 0 aromatic heterocycles. The summed E-state index contributed by atoms with van der Waals surface area (Å²) >= 11 is 3.48. The number of hydrogen-bond acceptors (Lipinski definition) is 2. The van der Waals surface area contributed by atoms with Crippen molar-refractivity contribution in [3.8, 4) is 12.1 Å². The van der Waals surface area contributed by atoms with Gasteiger partial charge < -0.3 is 0 Å². The normalized spacial score (nSPS) is 46.9. The van der Waals surface area contributed by atoms with Gasteiger partial charge in [0.25, 0.3) is 0 Å². The molecule has 3 rings (SSSR count). The van der Waals surface area contributed by atoms with Crippen molar-refractivity contribution in [1.29, 1.82) is 10.5 Å². The minimum absolute atomic E-state index is 0.227. The second-order valence-electron chi connectivity index (χ2n) is 4.23. The number of nitriles is 2. The van der Waals surface area contributed by atoms with Gasteiger partial charge in [-0.3, -0.25) is 0 Å². The van der Waals surface area contributed by atoms with E-state index < -0.39 is 0 Å². The standard InChI is InChI=1S/C11H7BrN2/c12-10-3-11(5-14)8-1-6(4-13)7(10)2-9(8)11/h1,3,7-9H,2H2/t7?,8?,9?,11-/m1/s1. The molecule has 2 bridgehead atoms. The van der Waals surface area contributed by atoms with Gasteiger partial charge in [-0.15, -0.1) is 0 Å². The Bertz CT molecular complexity index is 463. The van der Waals surface area contributed by atoms with Crippen molar-refractivity contribution in [2.45, 2.75) is 6.42 Å². The Kier molecular flexibility index (Phi) is 1.36. The molecule has 0 saturated heterocycles. The molecule has 1 saturated carbocycles. The molecule has 0 amide bonds. The summed E-state index contributed by atoms with van der Waals surface area (Å²) in [5, 5.41) is 18.1. The van der Waals surface area contributed by atoms with Gasteiger partial charge in [0.1, 0.15) is 0 Å². The maximum Gasteiger partial charge on any atom is 0.0950 e. The quantitative estimate of drug-likeness (QED) is 0.660. The molecule has 1 fully saturated rings. The molecule has 14 heavy (non-hydrogen) atoms. The molecule has 0 N–H and O–H groups in total. The van der Waals surface area contributed by atoms with E-state index in [4.69, 9.17) is 10.5 Å². The fourth-order valence-electron chi connectivity index (χ4n) is 2.90. The van der Waals surface area contributed by atoms with Gasteiger partial charge >= 0.3 is 0 Å². The maximum absolute atomic E-state index is 9.16. The zero-order valence-corrected chi connectivity index (χ0v) is 8.95. The second-order valence-corrected chi connectivity index (χ2v) is 5.14. The minimum atomic E-state index is -0.284. The van der Waals surface area contributed by atoms with Crippen LogP contribution in [0.25, 0.3) is 0 Å². The molecule has 0 aromatic rings. The van der Waals surface area contributed by atoms with Crippen molar-refractivity contribution in [3.05, 3.63) is 22.2 Å². The molecule has 3 heteroatoms. The van der Waals surface area contributed by atoms with Crippen LogP contribution in [-0.2, 0) is 0 Å². The summed E-state index contributed by atoms with van der Waals surface area (Å²) in [6, 6.07) is 4.64. The SMILES string of the molecule is N#CC1=CC2C3CC1C(Br)=C[C@@]23C#N. The Morgan fingerprint density at radius 3 is 2.93 bits per heavy atom. The van der Waals surface area contributed by atoms with E-state index in [1.165, 1.54) is 0 Å². The number of rotatable bonds is 0. The predicted octanol–water partition coefficient (Wildman–Crippen LogP) is 2.50. The van der Waals surface area contributed by atoms with Crippen LogP contribution >= 0.6 is 15.9 Å². The summed E-state index contributed by atoms with van der Waals surface area (Å²) in [5.74, 6) is 0.995. The smallest absolute Gasteiger partial charge is 0.0950 e. The van der Waals surface area contributed by atoms with Crippen LogP contribution in [0.15, 0.2) is 22.2 Å². The molecule has 0 spiro atoms. The van der Waals surface area contributed by atoms with Crippen LogP contribution in [0.3, 0.4) is 0 Å². The molecule has 3 aliphatic carbocycles. The van der Waals surface area contributed by atoms with Crippen molar-refractivity contribution < 1.29 is 0 Å². The second kappa shape index (κ2) is 2.30. The zero-order valence-electron chi connectivity index (χ0n) is 7.37. The van der Waals surface area contributed by atoms with Gasteiger partial charge in [-0.1, -0.05) is 28.1 Å². The lowest BCUT2D eigenvalue weighted by Gasteiger charge is -2.21. The van der Waals surface area contributed by atoms with Crippen molar-refractivity contribution in [2.75, 3.05) is 0 Å². The molecule has 2 nitrogen and oxygen atoms in total. The van der Waals surface area contributed by atoms with Crippen molar-refractivity contribution >= 4 is 15.9 Å². The highest BCUT2D eigenvalue weighted by Gasteiger charge is 2.67. The molecule has 3 aliphatic rings. The van der Waals surface area contributed by atoms with Gasteiger partial charge in [0.05, 0.1) is 17.6 Å². The van der Waals surface area contributed by atoms with Gasteiger partial charge in [0.2, 0.25) is 0 Å². The zero-order chi connectivity index (χ0) is 9.92. The van der Waals surface area contributed by atoms with Gasteiger partial charge in [0, 0.05) is 21.9 Å². The Morgan fingerprint density at radius 1 is 1.50 bits per heavy atom. The molecule has 0 aromatic carbocycles. The molecular weight excluding hydrogens is 240 g/mol. The van der Waals surface area contributed by atoms with E-state index in [1.807, 2.05) is 12.2 Å². The average Bonchev–Trinajstić information content (AvgIpc) is 2.88. The third kappa shape index (κ3) is 0.713. The van der Waals surface area contributed by atoms with Crippen LogP contribution in [0.4, 0.5) is 0 Å². The van der Waals surface area contributed by atoms with E-state index in [-0.39, 0.29) is 11.3 Å². The Morgan fingerprint density at radius 2 is 2.29 bits per heavy atom. The summed E-state index contributed by atoms with van der Waals surface area (Å²) in [7, 11) is 0. The summed E-state index contributed by atoms with van der Waals surface area (Å²) in [4.78, 5) is 0. The van der Waals surface area contributed by atoms with E-state index in [1.54, 1.807) is 0 Å². The lowest BCUT2D eigenvalue weighted by atomic mass is 9.84. The Balaban J connectivity index is 2.19. The van der Waals surface area contributed by atoms with Gasteiger partial charge in [-0.25, -0.2) is 0 Å². The average molecular weight is 247 g/mol. The van der Waals surface area contributed by atoms with E-state index in [2.05, 4.69) is 28.1 Å². The summed E-state index contributed by atoms with van der Waals surface area (Å²) in [6.45, 7) is 0. The van der Waals surface area contributed by atoms with Crippen LogP contribution in [0.2, 0.25) is 0 Å². The third-order valence-corrected chi connectivity index (χ3v) is 4.53. The van der Waals surface area contributed by atoms with E-state index >= 15 is 0 Å². The molecule has 3 unspecified atom stereocenters. The highest BCUT2D eigenvalue weighted by molar-refractivity contribution is 9.11. The lowest BCUT2D eigenvalue weighted by Crippen LogP contribution is -2.13. The molecule has 4 atom stereocenters. The number of fused-ring (bicyclic) bond motifs is 2. The van der Waals surface area contributed by atoms with E-state index in [9.17, 15) is 0 Å². The summed E-state index contributed by atoms with van der Waals surface area (Å²) < 4.78 is 1.03. The molecule has 0 heterocycles. The summed E-state index contributed by atoms with van der Waals surface area (Å²) in [5.41, 5.74) is 0.553. The van der Waals surface area contributed by atoms with Crippen LogP contribution in [0.1, 0.15) is 6.42 Å². The minimum Gasteiger partial charge on any atom is -0.197 e. The van der Waals surface area contributed by atoms with Crippen molar-refractivity contribution in [1.82, 2.24) is 0 Å². The van der Waals surface area contributed by atoms with Crippen LogP contribution < -0.4 is 0 Å². The van der Waals surface area contributed by atoms with Crippen molar-refractivity contribution in [3.63, 3.8) is 0 Å². The lowest BCUT2D eigenvalue weighted by molar-refractivity contribution is 0.526. The van der Waals surface area contributed by atoms with Crippen LogP contribution in [0, 0.1) is 45.8 Å². The number of allylic oxidation sites excluding steroid dienone is 4. The number of nitrogens with zero attached hydrogens (tertiary/aromatic N) is 2. The molecular formula is C11H7BrN2. The third-order valence-electron chi connectivity index (χ3n) is 3.75. The Labute approximate surface area is 90.6 Å². The Hall–Kier alpha value is -1.06. The van der Waals surface area contributed by atoms with Crippen molar-refractivity contribution in [2.24, 2.45) is 23.2 Å². The van der Waals surface area contributed by atoms with Crippen LogP contribution in [-0.4, -0.2) is 0 Å². The van der Waals surface area contributed by atoms with E-state index in [0.29, 0.717) is 11.8 Å².